The van der Waals surface area contributed by atoms with Crippen LogP contribution in [-0.4, -0.2) is 5.91 Å². The summed E-state index contributed by atoms with van der Waals surface area (Å²) in [7, 11) is 0. The molecule has 1 amide bonds. The standard InChI is InChI=1S/C17H21NO/c19-17(18-12-13-8-4-3-5-9-13)16-14-10-6-1-2-7-11-15(14)16/h1-5,8-9,14-16H,6-7,10-12H2,(H,18,19)/b2-1-. The van der Waals surface area contributed by atoms with Gasteiger partial charge in [-0.15, -0.1) is 0 Å². The molecular weight excluding hydrogens is 234 g/mol. The highest BCUT2D eigenvalue weighted by Crippen LogP contribution is 2.52. The van der Waals surface area contributed by atoms with E-state index in [1.54, 1.807) is 0 Å². The van der Waals surface area contributed by atoms with E-state index in [9.17, 15) is 4.79 Å². The highest BCUT2D eigenvalue weighted by molar-refractivity contribution is 5.82. The summed E-state index contributed by atoms with van der Waals surface area (Å²) in [5.74, 6) is 1.82. The number of hydrogen-bond donors (Lipinski definition) is 1. The Morgan fingerprint density at radius 3 is 2.32 bits per heavy atom. The molecule has 0 heterocycles. The van der Waals surface area contributed by atoms with Crippen LogP contribution in [0.5, 0.6) is 0 Å². The lowest BCUT2D eigenvalue weighted by Gasteiger charge is -2.04. The van der Waals surface area contributed by atoms with E-state index in [1.165, 1.54) is 18.4 Å². The molecule has 1 aromatic carbocycles. The van der Waals surface area contributed by atoms with Crippen molar-refractivity contribution in [1.82, 2.24) is 5.32 Å². The number of carbonyl (C=O) groups excluding carboxylic acids is 1. The van der Waals surface area contributed by atoms with Crippen LogP contribution in [0.1, 0.15) is 31.2 Å². The zero-order valence-corrected chi connectivity index (χ0v) is 11.2. The number of rotatable bonds is 3. The highest BCUT2D eigenvalue weighted by atomic mass is 16.2. The summed E-state index contributed by atoms with van der Waals surface area (Å²) in [4.78, 5) is 12.2. The van der Waals surface area contributed by atoms with Crippen molar-refractivity contribution in [2.75, 3.05) is 0 Å². The Morgan fingerprint density at radius 2 is 1.68 bits per heavy atom. The van der Waals surface area contributed by atoms with Crippen LogP contribution in [0.15, 0.2) is 42.5 Å². The minimum Gasteiger partial charge on any atom is -0.352 e. The van der Waals surface area contributed by atoms with E-state index in [0.717, 1.165) is 12.8 Å². The van der Waals surface area contributed by atoms with E-state index in [1.807, 2.05) is 18.2 Å². The minimum absolute atomic E-state index is 0.265. The first-order chi connectivity index (χ1) is 9.36. The molecule has 2 unspecified atom stereocenters. The van der Waals surface area contributed by atoms with Gasteiger partial charge < -0.3 is 5.32 Å². The molecule has 0 aromatic heterocycles. The molecule has 0 bridgehead atoms. The number of amides is 1. The van der Waals surface area contributed by atoms with Gasteiger partial charge in [0.05, 0.1) is 0 Å². The van der Waals surface area contributed by atoms with Gasteiger partial charge in [-0.05, 0) is 43.1 Å². The molecule has 3 rings (SSSR count). The largest absolute Gasteiger partial charge is 0.352 e. The summed E-state index contributed by atoms with van der Waals surface area (Å²) >= 11 is 0. The molecule has 2 atom stereocenters. The number of fused-ring (bicyclic) bond motifs is 1. The van der Waals surface area contributed by atoms with Crippen LogP contribution in [0, 0.1) is 17.8 Å². The van der Waals surface area contributed by atoms with Crippen molar-refractivity contribution in [3.63, 3.8) is 0 Å². The monoisotopic (exact) mass is 255 g/mol. The van der Waals surface area contributed by atoms with Gasteiger partial charge in [-0.2, -0.15) is 0 Å². The van der Waals surface area contributed by atoms with Crippen molar-refractivity contribution in [2.24, 2.45) is 17.8 Å². The Bertz CT molecular complexity index is 449. The third kappa shape index (κ3) is 2.89. The van der Waals surface area contributed by atoms with E-state index in [4.69, 9.17) is 0 Å². The van der Waals surface area contributed by atoms with Crippen LogP contribution in [0.25, 0.3) is 0 Å². The molecule has 1 saturated carbocycles. The third-order valence-corrected chi connectivity index (χ3v) is 4.44. The van der Waals surface area contributed by atoms with Gasteiger partial charge in [0.1, 0.15) is 0 Å². The van der Waals surface area contributed by atoms with Crippen LogP contribution in [-0.2, 0) is 11.3 Å². The lowest BCUT2D eigenvalue weighted by Crippen LogP contribution is -2.25. The summed E-state index contributed by atoms with van der Waals surface area (Å²) in [5.41, 5.74) is 1.18. The van der Waals surface area contributed by atoms with Gasteiger partial charge in [0.15, 0.2) is 0 Å². The number of carbonyl (C=O) groups is 1. The molecule has 0 aliphatic heterocycles. The van der Waals surface area contributed by atoms with Crippen LogP contribution in [0.3, 0.4) is 0 Å². The van der Waals surface area contributed by atoms with Crippen molar-refractivity contribution < 1.29 is 4.79 Å². The fourth-order valence-corrected chi connectivity index (χ4v) is 3.34. The molecule has 2 aliphatic rings. The molecule has 2 heteroatoms. The van der Waals surface area contributed by atoms with Crippen LogP contribution >= 0.6 is 0 Å². The molecule has 1 fully saturated rings. The molecule has 0 radical (unpaired) electrons. The van der Waals surface area contributed by atoms with E-state index in [-0.39, 0.29) is 11.8 Å². The average Bonchev–Trinajstić information content (AvgIpc) is 3.08. The van der Waals surface area contributed by atoms with Gasteiger partial charge in [0.25, 0.3) is 0 Å². The van der Waals surface area contributed by atoms with Gasteiger partial charge in [-0.1, -0.05) is 42.5 Å². The van der Waals surface area contributed by atoms with E-state index in [0.29, 0.717) is 18.4 Å². The Kier molecular flexibility index (Phi) is 3.67. The smallest absolute Gasteiger partial charge is 0.223 e. The second-order valence-electron chi connectivity index (χ2n) is 5.68. The average molecular weight is 255 g/mol. The van der Waals surface area contributed by atoms with Crippen molar-refractivity contribution in [3.05, 3.63) is 48.0 Å². The minimum atomic E-state index is 0.265. The van der Waals surface area contributed by atoms with Crippen LogP contribution in [0.4, 0.5) is 0 Å². The lowest BCUT2D eigenvalue weighted by atomic mass is 10.1. The van der Waals surface area contributed by atoms with E-state index in [2.05, 4.69) is 29.6 Å². The second-order valence-corrected chi connectivity index (χ2v) is 5.68. The van der Waals surface area contributed by atoms with Crippen LogP contribution < -0.4 is 5.32 Å². The fourth-order valence-electron chi connectivity index (χ4n) is 3.34. The molecular formula is C17H21NO. The predicted molar refractivity (Wildman–Crippen MR) is 76.4 cm³/mol. The van der Waals surface area contributed by atoms with Crippen molar-refractivity contribution in [3.8, 4) is 0 Å². The maximum Gasteiger partial charge on any atom is 0.223 e. The molecule has 100 valence electrons. The number of nitrogens with one attached hydrogen (secondary N) is 1. The first-order valence-electron chi connectivity index (χ1n) is 7.33. The topological polar surface area (TPSA) is 29.1 Å². The number of benzene rings is 1. The quantitative estimate of drug-likeness (QED) is 0.825. The molecule has 2 aliphatic carbocycles. The maximum absolute atomic E-state index is 12.2. The van der Waals surface area contributed by atoms with Crippen molar-refractivity contribution in [1.29, 1.82) is 0 Å². The van der Waals surface area contributed by atoms with Gasteiger partial charge in [0.2, 0.25) is 5.91 Å². The fraction of sp³-hybridized carbons (Fsp3) is 0.471. The Balaban J connectivity index is 1.52. The highest BCUT2D eigenvalue weighted by Gasteiger charge is 2.52. The third-order valence-electron chi connectivity index (χ3n) is 4.44. The first kappa shape index (κ1) is 12.5. The normalized spacial score (nSPS) is 30.6. The maximum atomic E-state index is 12.2. The molecule has 1 aromatic rings. The number of hydrogen-bond acceptors (Lipinski definition) is 1. The van der Waals surface area contributed by atoms with Gasteiger partial charge in [-0.3, -0.25) is 4.79 Å². The van der Waals surface area contributed by atoms with Crippen molar-refractivity contribution >= 4 is 5.91 Å². The summed E-state index contributed by atoms with van der Waals surface area (Å²) < 4.78 is 0. The van der Waals surface area contributed by atoms with E-state index < -0.39 is 0 Å². The molecule has 0 saturated heterocycles. The summed E-state index contributed by atoms with van der Waals surface area (Å²) in [6.07, 6.45) is 9.20. The molecule has 19 heavy (non-hydrogen) atoms. The van der Waals surface area contributed by atoms with Crippen LogP contribution in [0.2, 0.25) is 0 Å². The predicted octanol–water partition coefficient (Wildman–Crippen LogP) is 3.30. The van der Waals surface area contributed by atoms with E-state index >= 15 is 0 Å². The molecule has 1 N–H and O–H groups in total. The zero-order valence-electron chi connectivity index (χ0n) is 11.2. The summed E-state index contributed by atoms with van der Waals surface area (Å²) in [6, 6.07) is 10.1. The Morgan fingerprint density at radius 1 is 1.05 bits per heavy atom. The van der Waals surface area contributed by atoms with Crippen molar-refractivity contribution in [2.45, 2.75) is 32.2 Å². The zero-order chi connectivity index (χ0) is 13.1. The molecule has 2 nitrogen and oxygen atoms in total. The Hall–Kier alpha value is -1.57. The first-order valence-corrected chi connectivity index (χ1v) is 7.33. The summed E-state index contributed by atoms with van der Waals surface area (Å²) in [5, 5.41) is 3.10. The van der Waals surface area contributed by atoms with Gasteiger partial charge >= 0.3 is 0 Å². The second kappa shape index (κ2) is 5.60. The lowest BCUT2D eigenvalue weighted by molar-refractivity contribution is -0.123. The summed E-state index contributed by atoms with van der Waals surface area (Å²) in [6.45, 7) is 0.661. The SMILES string of the molecule is O=C(NCc1ccccc1)C1C2CC/C=C\CCC21. The molecule has 0 spiro atoms. The van der Waals surface area contributed by atoms with Gasteiger partial charge in [-0.25, -0.2) is 0 Å². The van der Waals surface area contributed by atoms with Gasteiger partial charge in [0, 0.05) is 12.5 Å². The Labute approximate surface area is 114 Å². The number of allylic oxidation sites excluding steroid dienone is 2.